The van der Waals surface area contributed by atoms with E-state index in [0.29, 0.717) is 6.04 Å². The molecule has 1 aliphatic rings. The summed E-state index contributed by atoms with van der Waals surface area (Å²) in [5, 5.41) is 9.37. The molecule has 0 radical (unpaired) electrons. The molecule has 0 aromatic rings. The third-order valence-electron chi connectivity index (χ3n) is 2.16. The third-order valence-corrected chi connectivity index (χ3v) is 2.16. The Bertz CT molecular complexity index is 206. The zero-order chi connectivity index (χ0) is 10.8. The van der Waals surface area contributed by atoms with Gasteiger partial charge in [0.1, 0.15) is 0 Å². The Kier molecular flexibility index (Phi) is 3.50. The first-order valence-electron chi connectivity index (χ1n) is 5.17. The summed E-state index contributed by atoms with van der Waals surface area (Å²) in [4.78, 5) is 11.6. The predicted molar refractivity (Wildman–Crippen MR) is 57.2 cm³/mol. The normalized spacial score (nSPS) is 20.0. The molecule has 1 amide bonds. The first kappa shape index (κ1) is 11.5. The largest absolute Gasteiger partial charge is 0.350 e. The van der Waals surface area contributed by atoms with Crippen LogP contribution in [0.25, 0.3) is 0 Å². The molecule has 14 heavy (non-hydrogen) atoms. The van der Waals surface area contributed by atoms with Crippen LogP contribution in [-0.4, -0.2) is 36.6 Å². The first-order chi connectivity index (χ1) is 6.38. The van der Waals surface area contributed by atoms with E-state index in [1.165, 1.54) is 0 Å². The van der Waals surface area contributed by atoms with E-state index >= 15 is 0 Å². The number of carbonyl (C=O) groups excluding carboxylic acids is 1. The maximum Gasteiger partial charge on any atom is 0.237 e. The summed E-state index contributed by atoms with van der Waals surface area (Å²) < 4.78 is 0. The van der Waals surface area contributed by atoms with Gasteiger partial charge in [0.25, 0.3) is 0 Å². The molecule has 1 fully saturated rings. The summed E-state index contributed by atoms with van der Waals surface area (Å²) in [6.07, 6.45) is 0. The van der Waals surface area contributed by atoms with Gasteiger partial charge in [0.15, 0.2) is 0 Å². The number of rotatable bonds is 3. The van der Waals surface area contributed by atoms with Crippen LogP contribution in [0.4, 0.5) is 0 Å². The zero-order valence-corrected chi connectivity index (χ0v) is 9.48. The Hall–Kier alpha value is -0.610. The number of amides is 1. The molecule has 0 bridgehead atoms. The summed E-state index contributed by atoms with van der Waals surface area (Å²) in [7, 11) is 0. The highest BCUT2D eigenvalue weighted by Crippen LogP contribution is 2.00. The lowest BCUT2D eigenvalue weighted by molar-refractivity contribution is -0.124. The summed E-state index contributed by atoms with van der Waals surface area (Å²) in [5.74, 6) is 0.0735. The van der Waals surface area contributed by atoms with Crippen LogP contribution in [0, 0.1) is 0 Å². The van der Waals surface area contributed by atoms with Gasteiger partial charge in [-0.2, -0.15) is 0 Å². The first-order valence-corrected chi connectivity index (χ1v) is 5.17. The lowest BCUT2D eigenvalue weighted by Gasteiger charge is -2.32. The molecule has 1 saturated heterocycles. The van der Waals surface area contributed by atoms with Gasteiger partial charge in [-0.25, -0.2) is 0 Å². The molecule has 82 valence electrons. The van der Waals surface area contributed by atoms with Gasteiger partial charge in [0.05, 0.1) is 6.04 Å². The van der Waals surface area contributed by atoms with Gasteiger partial charge in [-0.1, -0.05) is 0 Å². The fourth-order valence-electron chi connectivity index (χ4n) is 1.31. The second-order valence-electron chi connectivity index (χ2n) is 4.98. The van der Waals surface area contributed by atoms with Gasteiger partial charge in [-0.3, -0.25) is 4.79 Å². The van der Waals surface area contributed by atoms with E-state index in [1.54, 1.807) is 0 Å². The minimum absolute atomic E-state index is 0.0735. The molecule has 1 atom stereocenters. The Balaban J connectivity index is 2.28. The number of hydrogen-bond donors (Lipinski definition) is 3. The average molecular weight is 199 g/mol. The predicted octanol–water partition coefficient (Wildman–Crippen LogP) is -0.149. The summed E-state index contributed by atoms with van der Waals surface area (Å²) >= 11 is 0. The second kappa shape index (κ2) is 4.28. The van der Waals surface area contributed by atoms with Crippen LogP contribution >= 0.6 is 0 Å². The minimum Gasteiger partial charge on any atom is -0.350 e. The standard InChI is InChI=1S/C10H21N3O/c1-7(12-8-5-11-6-8)9(14)13-10(2,3)4/h7-8,11-12H,5-6H2,1-4H3,(H,13,14). The molecule has 0 spiro atoms. The van der Waals surface area contributed by atoms with Crippen LogP contribution in [0.1, 0.15) is 27.7 Å². The Morgan fingerprint density at radius 2 is 2.00 bits per heavy atom. The van der Waals surface area contributed by atoms with E-state index in [1.807, 2.05) is 27.7 Å². The van der Waals surface area contributed by atoms with Gasteiger partial charge in [0, 0.05) is 24.7 Å². The fourth-order valence-corrected chi connectivity index (χ4v) is 1.31. The summed E-state index contributed by atoms with van der Waals surface area (Å²) in [6, 6.07) is 0.344. The highest BCUT2D eigenvalue weighted by atomic mass is 16.2. The van der Waals surface area contributed by atoms with E-state index in [2.05, 4.69) is 16.0 Å². The van der Waals surface area contributed by atoms with Gasteiger partial charge in [0.2, 0.25) is 5.91 Å². The molecule has 0 saturated carbocycles. The molecular formula is C10H21N3O. The van der Waals surface area contributed by atoms with Gasteiger partial charge in [-0.15, -0.1) is 0 Å². The molecule has 0 aromatic carbocycles. The molecule has 4 nitrogen and oxygen atoms in total. The summed E-state index contributed by atoms with van der Waals surface area (Å²) in [6.45, 7) is 9.80. The second-order valence-corrected chi connectivity index (χ2v) is 4.98. The highest BCUT2D eigenvalue weighted by molar-refractivity contribution is 5.81. The maximum atomic E-state index is 11.6. The highest BCUT2D eigenvalue weighted by Gasteiger charge is 2.24. The van der Waals surface area contributed by atoms with E-state index in [4.69, 9.17) is 0 Å². The average Bonchev–Trinajstić information content (AvgIpc) is 1.92. The van der Waals surface area contributed by atoms with E-state index < -0.39 is 0 Å². The van der Waals surface area contributed by atoms with Crippen molar-refractivity contribution >= 4 is 5.91 Å². The fraction of sp³-hybridized carbons (Fsp3) is 0.900. The van der Waals surface area contributed by atoms with Crippen molar-refractivity contribution in [3.05, 3.63) is 0 Å². The van der Waals surface area contributed by atoms with E-state index in [0.717, 1.165) is 13.1 Å². The van der Waals surface area contributed by atoms with Crippen molar-refractivity contribution in [3.8, 4) is 0 Å². The van der Waals surface area contributed by atoms with Crippen molar-refractivity contribution in [2.24, 2.45) is 0 Å². The van der Waals surface area contributed by atoms with Gasteiger partial charge < -0.3 is 16.0 Å². The quantitative estimate of drug-likeness (QED) is 0.592. The van der Waals surface area contributed by atoms with Crippen LogP contribution in [-0.2, 0) is 4.79 Å². The Morgan fingerprint density at radius 3 is 2.36 bits per heavy atom. The van der Waals surface area contributed by atoms with Gasteiger partial charge >= 0.3 is 0 Å². The SMILES string of the molecule is CC(NC1CNC1)C(=O)NC(C)(C)C. The number of nitrogens with one attached hydrogen (secondary N) is 3. The molecule has 1 heterocycles. The molecule has 0 aliphatic carbocycles. The topological polar surface area (TPSA) is 53.2 Å². The molecule has 3 N–H and O–H groups in total. The molecule has 4 heteroatoms. The van der Waals surface area contributed by atoms with Crippen molar-refractivity contribution in [1.82, 2.24) is 16.0 Å². The number of hydrogen-bond acceptors (Lipinski definition) is 3. The summed E-state index contributed by atoms with van der Waals surface area (Å²) in [5.41, 5.74) is -0.148. The Morgan fingerprint density at radius 1 is 1.43 bits per heavy atom. The smallest absolute Gasteiger partial charge is 0.237 e. The lowest BCUT2D eigenvalue weighted by atomic mass is 10.1. The number of carbonyl (C=O) groups is 1. The monoisotopic (exact) mass is 199 g/mol. The van der Waals surface area contributed by atoms with Crippen LogP contribution in [0.2, 0.25) is 0 Å². The van der Waals surface area contributed by atoms with Crippen LogP contribution in [0.3, 0.4) is 0 Å². The van der Waals surface area contributed by atoms with Gasteiger partial charge in [-0.05, 0) is 27.7 Å². The van der Waals surface area contributed by atoms with Crippen LogP contribution in [0.15, 0.2) is 0 Å². The maximum absolute atomic E-state index is 11.6. The third kappa shape index (κ3) is 3.64. The van der Waals surface area contributed by atoms with Crippen molar-refractivity contribution in [2.75, 3.05) is 13.1 Å². The Labute approximate surface area is 85.8 Å². The van der Waals surface area contributed by atoms with Crippen molar-refractivity contribution in [1.29, 1.82) is 0 Å². The van der Waals surface area contributed by atoms with Crippen LogP contribution in [0.5, 0.6) is 0 Å². The van der Waals surface area contributed by atoms with E-state index in [-0.39, 0.29) is 17.5 Å². The molecule has 0 aromatic heterocycles. The van der Waals surface area contributed by atoms with E-state index in [9.17, 15) is 4.79 Å². The zero-order valence-electron chi connectivity index (χ0n) is 9.48. The lowest BCUT2D eigenvalue weighted by Crippen LogP contribution is -2.61. The van der Waals surface area contributed by atoms with Crippen molar-refractivity contribution < 1.29 is 4.79 Å². The molecule has 1 aliphatic heterocycles. The van der Waals surface area contributed by atoms with Crippen molar-refractivity contribution in [2.45, 2.75) is 45.3 Å². The molecular weight excluding hydrogens is 178 g/mol. The van der Waals surface area contributed by atoms with Crippen molar-refractivity contribution in [3.63, 3.8) is 0 Å². The molecule has 1 rings (SSSR count). The van der Waals surface area contributed by atoms with Crippen LogP contribution < -0.4 is 16.0 Å². The molecule has 1 unspecified atom stereocenters. The minimum atomic E-state index is -0.148.